The third-order valence-electron chi connectivity index (χ3n) is 8.99. The number of nitrogens with zero attached hydrogens (tertiary/aromatic N) is 2. The maximum absolute atomic E-state index is 11.1. The van der Waals surface area contributed by atoms with Crippen molar-refractivity contribution in [1.82, 2.24) is 42.5 Å². The van der Waals surface area contributed by atoms with Gasteiger partial charge in [-0.25, -0.2) is 9.98 Å². The first-order valence-electron chi connectivity index (χ1n) is 27.1. The van der Waals surface area contributed by atoms with E-state index in [1.165, 1.54) is 98.6 Å². The minimum absolute atomic E-state index is 0.0525. The standard InChI is InChI=1S/2C10H18N4O4S2.4C5H11NO2S.2C4H10N4OS/c2*1-5(15)13-7(9(11)17)3-19-20-4-8(10(12)18)14-6(2)16;4*1-4(8)6-5(2-7)3-9;2*5-3(9)2(1-10)8-4(6)7/h2*7-8H,3-4H2,1-2H3,(H2,11,17)(H2,12,18)(H,13,15)(H,14,16);4*5,7,9H,2-3H2,1H3,(H,6,8);2*2,10H,1H2,(H2,5,9)(H4,6,7,8)/t2*7-,8+;4*5-;2*2-/m..110010/s1. The Kier molecular flexibility index (Phi) is 76.9. The predicted molar refractivity (Wildman–Crippen MR) is 396 cm³/mol. The lowest BCUT2D eigenvalue weighted by Gasteiger charge is -2.15. The van der Waals surface area contributed by atoms with Crippen molar-refractivity contribution >= 4 is 214 Å². The number of hydrogen-bond donors (Lipinski definition) is 28. The van der Waals surface area contributed by atoms with Gasteiger partial charge in [0.1, 0.15) is 36.3 Å². The number of aliphatic imine (C=N–C) groups is 2. The van der Waals surface area contributed by atoms with Gasteiger partial charge in [-0.05, 0) is 0 Å². The summed E-state index contributed by atoms with van der Waals surface area (Å²) < 4.78 is 0. The summed E-state index contributed by atoms with van der Waals surface area (Å²) in [5, 5.41) is 53.8. The van der Waals surface area contributed by atoms with Crippen molar-refractivity contribution in [3.8, 4) is 0 Å². The Morgan fingerprint density at radius 2 is 0.448 bits per heavy atom. The highest BCUT2D eigenvalue weighted by atomic mass is 33.1. The van der Waals surface area contributed by atoms with E-state index in [1.54, 1.807) is 0 Å². The summed E-state index contributed by atoms with van der Waals surface area (Å²) in [5.41, 5.74) is 50.3. The molecule has 0 radical (unpaired) electrons. The number of carbonyl (C=O) groups excluding carboxylic acids is 14. The predicted octanol–water partition coefficient (Wildman–Crippen LogP) is -9.56. The topological polar surface area (TPSA) is 701 Å². The molecule has 0 aliphatic heterocycles. The molecule has 0 saturated carbocycles. The summed E-state index contributed by atoms with van der Waals surface area (Å²) in [6.07, 6.45) is 0. The normalized spacial score (nSPS) is 12.8. The lowest BCUT2D eigenvalue weighted by atomic mass is 10.3. The Hall–Kier alpha value is -5.54. The van der Waals surface area contributed by atoms with E-state index in [9.17, 15) is 67.1 Å². The third kappa shape index (κ3) is 79.2. The summed E-state index contributed by atoms with van der Waals surface area (Å²) >= 11 is 23.2. The van der Waals surface area contributed by atoms with Crippen LogP contribution in [0.5, 0.6) is 0 Å². The fourth-order valence-electron chi connectivity index (χ4n) is 4.72. The van der Waals surface area contributed by atoms with Crippen molar-refractivity contribution in [3.05, 3.63) is 0 Å². The van der Waals surface area contributed by atoms with Crippen LogP contribution in [0.1, 0.15) is 55.4 Å². The zero-order valence-electron chi connectivity index (χ0n) is 54.2. The molecule has 0 aromatic carbocycles. The van der Waals surface area contributed by atoms with Gasteiger partial charge in [0, 0.05) is 113 Å². The summed E-state index contributed by atoms with van der Waals surface area (Å²) in [5.74, 6) is -2.65. The number of rotatable bonds is 36. The quantitative estimate of drug-likeness (QED) is 0.00911. The van der Waals surface area contributed by atoms with Gasteiger partial charge in [0.05, 0.1) is 50.6 Å². The van der Waals surface area contributed by atoms with Crippen molar-refractivity contribution in [2.45, 2.75) is 116 Å². The smallest absolute Gasteiger partial charge is 0.243 e. The Morgan fingerprint density at radius 3 is 0.510 bits per heavy atom. The van der Waals surface area contributed by atoms with E-state index in [-0.39, 0.29) is 144 Å². The minimum Gasteiger partial charge on any atom is -0.394 e. The van der Waals surface area contributed by atoms with Crippen molar-refractivity contribution in [2.75, 3.05) is 84.0 Å². The molecule has 96 heavy (non-hydrogen) atoms. The molecule has 0 fully saturated rings. The molecule has 0 aliphatic rings. The number of primary amides is 6. The van der Waals surface area contributed by atoms with E-state index in [0.29, 0.717) is 23.0 Å². The number of aliphatic hydroxyl groups is 4. The van der Waals surface area contributed by atoms with Gasteiger partial charge in [-0.15, -0.1) is 0 Å². The van der Waals surface area contributed by atoms with Crippen LogP contribution < -0.4 is 99.9 Å². The lowest BCUT2D eigenvalue weighted by Crippen LogP contribution is -2.46. The van der Waals surface area contributed by atoms with Gasteiger partial charge in [-0.1, -0.05) is 43.2 Å². The molecule has 48 heteroatoms. The molecule has 0 heterocycles. The first-order chi connectivity index (χ1) is 44.4. The SMILES string of the molecule is CC(=O)N[C@@H](CO)CS.CC(=O)N[C@@H](CO)CS.CC(=O)N[C@@H](CSSC[C@@H](NC(C)=O)C(N)=O)C(N)=O.CC(=O)N[C@@H](CSSC[C@@H](NC(C)=O)C(N)=O)C(N)=O.CC(=O)N[C@H](CO)CS.CC(=O)N[C@H](CO)CS.NC(=O)[C@@H](CS)N=C(N)N.NC(=O)[C@H](CS)N=C(N)N. The molecule has 10 atom stereocenters. The average Bonchev–Trinajstić information content (AvgIpc) is 1.97. The maximum Gasteiger partial charge on any atom is 0.243 e. The summed E-state index contributed by atoms with van der Waals surface area (Å²) in [7, 11) is 4.99. The first-order valence-corrected chi connectivity index (χ1v) is 35.9. The van der Waals surface area contributed by atoms with E-state index in [0.717, 1.165) is 0 Å². The highest BCUT2D eigenvalue weighted by Crippen LogP contribution is 2.24. The molecular formula is C48H100N20O18S10. The van der Waals surface area contributed by atoms with Crippen LogP contribution in [0.2, 0.25) is 0 Å². The number of carbonyl (C=O) groups is 14. The molecule has 0 aliphatic carbocycles. The number of thiol groups is 6. The summed E-state index contributed by atoms with van der Waals surface area (Å²) in [4.78, 5) is 157. The fourth-order valence-corrected chi connectivity index (χ4v) is 10.8. The molecule has 0 spiro atoms. The molecule has 560 valence electrons. The number of hydrogen-bond acceptors (Lipinski definition) is 30. The molecule has 14 amide bonds. The van der Waals surface area contributed by atoms with Crippen LogP contribution in [0.25, 0.3) is 0 Å². The number of amides is 14. The number of nitrogens with two attached hydrogens (primary N) is 10. The van der Waals surface area contributed by atoms with Crippen LogP contribution in [0, 0.1) is 0 Å². The number of aliphatic hydroxyl groups excluding tert-OH is 4. The van der Waals surface area contributed by atoms with Crippen LogP contribution in [-0.4, -0.2) is 259 Å². The van der Waals surface area contributed by atoms with E-state index in [4.69, 9.17) is 77.8 Å². The fraction of sp³-hybridized carbons (Fsp3) is 0.667. The summed E-state index contributed by atoms with van der Waals surface area (Å²) in [6, 6.07) is -5.36. The largest absolute Gasteiger partial charge is 0.394 e. The van der Waals surface area contributed by atoms with Gasteiger partial charge in [-0.2, -0.15) is 75.8 Å². The second-order valence-corrected chi connectivity index (χ2v) is 25.4. The molecular weight excluding hydrogens is 1470 g/mol. The van der Waals surface area contributed by atoms with Gasteiger partial charge in [-0.3, -0.25) is 67.1 Å². The maximum atomic E-state index is 11.1. The van der Waals surface area contributed by atoms with Gasteiger partial charge in [0.25, 0.3) is 0 Å². The average molecular weight is 1570 g/mol. The van der Waals surface area contributed by atoms with Crippen LogP contribution in [0.3, 0.4) is 0 Å². The van der Waals surface area contributed by atoms with E-state index < -0.39 is 71.7 Å². The molecule has 0 unspecified atom stereocenters. The third-order valence-corrected chi connectivity index (χ3v) is 16.3. The van der Waals surface area contributed by atoms with E-state index >= 15 is 0 Å². The van der Waals surface area contributed by atoms with Gasteiger partial charge in [0.15, 0.2) is 11.9 Å². The highest BCUT2D eigenvalue weighted by molar-refractivity contribution is 8.77. The Balaban J connectivity index is -0.000000158. The minimum atomic E-state index is -0.780. The monoisotopic (exact) mass is 1560 g/mol. The van der Waals surface area contributed by atoms with Crippen molar-refractivity contribution < 1.29 is 87.5 Å². The van der Waals surface area contributed by atoms with Gasteiger partial charge >= 0.3 is 0 Å². The Morgan fingerprint density at radius 1 is 0.292 bits per heavy atom. The van der Waals surface area contributed by atoms with Crippen LogP contribution in [0.4, 0.5) is 0 Å². The first kappa shape index (κ1) is 106. The second-order valence-electron chi connectivity index (χ2n) is 18.1. The lowest BCUT2D eigenvalue weighted by molar-refractivity contribution is -0.125. The zero-order chi connectivity index (χ0) is 76.8. The molecule has 0 saturated heterocycles. The Labute approximate surface area is 606 Å². The highest BCUT2D eigenvalue weighted by Gasteiger charge is 2.22. The van der Waals surface area contributed by atoms with Crippen LogP contribution in [-0.2, 0) is 67.1 Å². The molecule has 38 nitrogen and oxygen atoms in total. The number of guanidine groups is 2. The summed E-state index contributed by atoms with van der Waals surface area (Å²) in [6.45, 7) is 10.6. The van der Waals surface area contributed by atoms with Crippen LogP contribution >= 0.6 is 119 Å². The van der Waals surface area contributed by atoms with Crippen molar-refractivity contribution in [3.63, 3.8) is 0 Å². The van der Waals surface area contributed by atoms with Crippen molar-refractivity contribution in [1.29, 1.82) is 0 Å². The molecule has 0 rings (SSSR count). The zero-order valence-corrected chi connectivity index (χ0v) is 62.8. The molecule has 0 aromatic rings. The van der Waals surface area contributed by atoms with E-state index in [2.05, 4.69) is 128 Å². The van der Waals surface area contributed by atoms with Gasteiger partial charge < -0.3 is 120 Å². The van der Waals surface area contributed by atoms with E-state index in [1.807, 2.05) is 0 Å². The van der Waals surface area contributed by atoms with Crippen molar-refractivity contribution in [2.24, 2.45) is 67.3 Å². The number of nitrogens with one attached hydrogen (secondary N) is 8. The van der Waals surface area contributed by atoms with Crippen LogP contribution in [0.15, 0.2) is 9.98 Å². The molecule has 0 bridgehead atoms. The molecule has 0 aromatic heterocycles. The van der Waals surface area contributed by atoms with Gasteiger partial charge in [0.2, 0.25) is 82.7 Å². The molecule has 32 N–H and O–H groups in total. The second kappa shape index (κ2) is 69.4. The Bertz CT molecular complexity index is 2070.